The molecule has 0 aliphatic heterocycles. The van der Waals surface area contributed by atoms with Crippen LogP contribution in [0.1, 0.15) is 15.9 Å². The Hall–Kier alpha value is -1.30. The number of hydrogen-bond acceptors (Lipinski definition) is 1. The number of halogens is 5. The van der Waals surface area contributed by atoms with Gasteiger partial charge in [-0.05, 0) is 12.1 Å². The fourth-order valence-corrected chi connectivity index (χ4v) is 1.18. The minimum absolute atomic E-state index is 0.338. The van der Waals surface area contributed by atoms with E-state index < -0.39 is 34.1 Å². The van der Waals surface area contributed by atoms with E-state index in [2.05, 4.69) is 0 Å². The lowest BCUT2D eigenvalue weighted by atomic mass is 10.1. The highest BCUT2D eigenvalue weighted by Crippen LogP contribution is 2.35. The number of alkyl halides is 3. The Morgan fingerprint density at radius 3 is 2.27 bits per heavy atom. The fraction of sp³-hybridized carbons (Fsp3) is 0.125. The van der Waals surface area contributed by atoms with Gasteiger partial charge in [0.15, 0.2) is 5.82 Å². The van der Waals surface area contributed by atoms with Gasteiger partial charge in [-0.2, -0.15) is 13.2 Å². The third-order valence-corrected chi connectivity index (χ3v) is 1.99. The average molecular weight is 243 g/mol. The van der Waals surface area contributed by atoms with Crippen molar-refractivity contribution in [3.8, 4) is 0 Å². The van der Waals surface area contributed by atoms with Crippen LogP contribution in [0.3, 0.4) is 0 Å². The van der Waals surface area contributed by atoms with Crippen LogP contribution in [0.5, 0.6) is 0 Å². The van der Waals surface area contributed by atoms with E-state index in [1.54, 1.807) is 0 Å². The maximum Gasteiger partial charge on any atom is 0.419 e. The summed E-state index contributed by atoms with van der Waals surface area (Å²) in [6.45, 7) is 0. The lowest BCUT2D eigenvalue weighted by Gasteiger charge is -2.09. The van der Waals surface area contributed by atoms with Crippen LogP contribution in [0.15, 0.2) is 12.1 Å². The molecule has 0 bridgehead atoms. The molecule has 0 radical (unpaired) electrons. The fourth-order valence-electron chi connectivity index (χ4n) is 0.934. The normalized spacial score (nSPS) is 11.5. The van der Waals surface area contributed by atoms with Gasteiger partial charge in [0, 0.05) is 0 Å². The number of carbonyl (C=O) groups is 1. The van der Waals surface area contributed by atoms with Crippen LogP contribution in [0, 0.1) is 5.82 Å². The first-order valence-electron chi connectivity index (χ1n) is 3.53. The topological polar surface area (TPSA) is 37.3 Å². The summed E-state index contributed by atoms with van der Waals surface area (Å²) in [7, 11) is 0. The second-order valence-corrected chi connectivity index (χ2v) is 2.97. The Balaban J connectivity index is 3.41. The van der Waals surface area contributed by atoms with Crippen LogP contribution in [-0.2, 0) is 6.18 Å². The van der Waals surface area contributed by atoms with Crippen molar-refractivity contribution in [3.05, 3.63) is 34.1 Å². The number of rotatable bonds is 1. The minimum Gasteiger partial charge on any atom is -0.478 e. The summed E-state index contributed by atoms with van der Waals surface area (Å²) in [5.74, 6) is -3.36. The molecule has 1 aromatic rings. The summed E-state index contributed by atoms with van der Waals surface area (Å²) in [4.78, 5) is 10.4. The largest absolute Gasteiger partial charge is 0.478 e. The highest BCUT2D eigenvalue weighted by molar-refractivity contribution is 6.33. The molecule has 0 aliphatic rings. The van der Waals surface area contributed by atoms with Gasteiger partial charge in [0.2, 0.25) is 0 Å². The van der Waals surface area contributed by atoms with Crippen molar-refractivity contribution in [2.75, 3.05) is 0 Å². The number of hydrogen-bond donors (Lipinski definition) is 1. The highest BCUT2D eigenvalue weighted by atomic mass is 35.5. The lowest BCUT2D eigenvalue weighted by Crippen LogP contribution is -2.10. The molecule has 7 heteroatoms. The quantitative estimate of drug-likeness (QED) is 0.768. The standard InChI is InChI=1S/C8H3ClF4O2/c9-5-3(7(14)15)1-2-4(6(5)10)8(11,12)13/h1-2H,(H,14,15). The summed E-state index contributed by atoms with van der Waals surface area (Å²) in [6, 6.07) is 0.946. The van der Waals surface area contributed by atoms with E-state index in [1.807, 2.05) is 0 Å². The summed E-state index contributed by atoms with van der Waals surface area (Å²) >= 11 is 5.14. The molecule has 2 nitrogen and oxygen atoms in total. The summed E-state index contributed by atoms with van der Waals surface area (Å²) < 4.78 is 49.3. The molecule has 0 amide bonds. The first kappa shape index (κ1) is 11.8. The summed E-state index contributed by atoms with van der Waals surface area (Å²) in [5, 5.41) is 7.41. The number of aromatic carboxylic acids is 1. The third-order valence-electron chi connectivity index (χ3n) is 1.62. The van der Waals surface area contributed by atoms with Crippen molar-refractivity contribution < 1.29 is 27.5 Å². The van der Waals surface area contributed by atoms with E-state index in [0.29, 0.717) is 12.1 Å². The van der Waals surface area contributed by atoms with Gasteiger partial charge in [0.05, 0.1) is 16.1 Å². The van der Waals surface area contributed by atoms with Crippen molar-refractivity contribution in [2.24, 2.45) is 0 Å². The van der Waals surface area contributed by atoms with Gasteiger partial charge in [-0.1, -0.05) is 11.6 Å². The van der Waals surface area contributed by atoms with Crippen LogP contribution >= 0.6 is 11.6 Å². The number of benzene rings is 1. The predicted molar refractivity (Wildman–Crippen MR) is 43.4 cm³/mol. The van der Waals surface area contributed by atoms with Crippen molar-refractivity contribution in [1.29, 1.82) is 0 Å². The molecule has 0 fully saturated rings. The highest BCUT2D eigenvalue weighted by Gasteiger charge is 2.36. The predicted octanol–water partition coefficient (Wildman–Crippen LogP) is 3.20. The lowest BCUT2D eigenvalue weighted by molar-refractivity contribution is -0.140. The first-order valence-corrected chi connectivity index (χ1v) is 3.91. The van der Waals surface area contributed by atoms with E-state index in [-0.39, 0.29) is 0 Å². The van der Waals surface area contributed by atoms with Crippen molar-refractivity contribution in [1.82, 2.24) is 0 Å². The average Bonchev–Trinajstić information content (AvgIpc) is 2.06. The summed E-state index contributed by atoms with van der Waals surface area (Å²) in [6.07, 6.45) is -4.90. The smallest absolute Gasteiger partial charge is 0.419 e. The van der Waals surface area contributed by atoms with Crippen LogP contribution in [0.25, 0.3) is 0 Å². The van der Waals surface area contributed by atoms with E-state index in [9.17, 15) is 22.4 Å². The molecular formula is C8H3ClF4O2. The molecule has 0 aliphatic carbocycles. The Kier molecular flexibility index (Phi) is 2.90. The van der Waals surface area contributed by atoms with E-state index in [4.69, 9.17) is 16.7 Å². The molecule has 82 valence electrons. The Bertz CT molecular complexity index is 414. The number of carboxylic acids is 1. The molecule has 0 saturated carbocycles. The minimum atomic E-state index is -4.90. The maximum atomic E-state index is 13.0. The zero-order valence-electron chi connectivity index (χ0n) is 6.90. The van der Waals surface area contributed by atoms with E-state index in [1.165, 1.54) is 0 Å². The molecule has 15 heavy (non-hydrogen) atoms. The molecule has 1 rings (SSSR count). The molecule has 0 unspecified atom stereocenters. The Morgan fingerprint density at radius 1 is 1.33 bits per heavy atom. The van der Waals surface area contributed by atoms with Crippen molar-refractivity contribution in [3.63, 3.8) is 0 Å². The maximum absolute atomic E-state index is 13.0. The molecule has 1 N–H and O–H groups in total. The molecule has 0 saturated heterocycles. The SMILES string of the molecule is O=C(O)c1ccc(C(F)(F)F)c(F)c1Cl. The first-order chi connectivity index (χ1) is 6.75. The van der Waals surface area contributed by atoms with Gasteiger partial charge in [-0.15, -0.1) is 0 Å². The van der Waals surface area contributed by atoms with E-state index in [0.717, 1.165) is 0 Å². The number of carboxylic acid groups (broad SMARTS) is 1. The third kappa shape index (κ3) is 2.20. The summed E-state index contributed by atoms with van der Waals surface area (Å²) in [5.41, 5.74) is -2.29. The molecule has 0 aromatic heterocycles. The van der Waals surface area contributed by atoms with Crippen LogP contribution in [0.2, 0.25) is 5.02 Å². The second-order valence-electron chi connectivity index (χ2n) is 2.59. The van der Waals surface area contributed by atoms with Crippen LogP contribution in [0.4, 0.5) is 17.6 Å². The van der Waals surface area contributed by atoms with Crippen LogP contribution in [-0.4, -0.2) is 11.1 Å². The van der Waals surface area contributed by atoms with Gasteiger partial charge in [0.25, 0.3) is 0 Å². The second kappa shape index (κ2) is 3.69. The van der Waals surface area contributed by atoms with Gasteiger partial charge < -0.3 is 5.11 Å². The van der Waals surface area contributed by atoms with Crippen LogP contribution < -0.4 is 0 Å². The van der Waals surface area contributed by atoms with E-state index >= 15 is 0 Å². The Labute approximate surface area is 86.1 Å². The molecule has 0 spiro atoms. The zero-order valence-corrected chi connectivity index (χ0v) is 7.66. The Morgan fingerprint density at radius 2 is 1.87 bits per heavy atom. The van der Waals surface area contributed by atoms with Gasteiger partial charge >= 0.3 is 12.1 Å². The molecule has 1 aromatic carbocycles. The van der Waals surface area contributed by atoms with Crippen molar-refractivity contribution in [2.45, 2.75) is 6.18 Å². The van der Waals surface area contributed by atoms with Gasteiger partial charge in [-0.25, -0.2) is 9.18 Å². The monoisotopic (exact) mass is 242 g/mol. The zero-order chi connectivity index (χ0) is 11.8. The molecular weight excluding hydrogens is 240 g/mol. The van der Waals surface area contributed by atoms with Gasteiger partial charge in [0.1, 0.15) is 0 Å². The molecule has 0 atom stereocenters. The van der Waals surface area contributed by atoms with Gasteiger partial charge in [-0.3, -0.25) is 0 Å². The molecule has 0 heterocycles. The van der Waals surface area contributed by atoms with Crippen molar-refractivity contribution >= 4 is 17.6 Å².